The summed E-state index contributed by atoms with van der Waals surface area (Å²) < 4.78 is 69.9. The minimum Gasteiger partial charge on any atom is -0.453 e. The highest BCUT2D eigenvalue weighted by Crippen LogP contribution is 2.49. The van der Waals surface area contributed by atoms with E-state index in [-0.39, 0.29) is 5.02 Å². The third-order valence-corrected chi connectivity index (χ3v) is 6.48. The van der Waals surface area contributed by atoms with E-state index in [0.717, 1.165) is 12.1 Å². The number of hydrogen-bond acceptors (Lipinski definition) is 5. The number of para-hydroxylation sites is 1. The summed E-state index contributed by atoms with van der Waals surface area (Å²) >= 11 is 23.3. The molecule has 0 atom stereocenters. The van der Waals surface area contributed by atoms with E-state index in [9.17, 15) is 25.9 Å². The maximum Gasteiger partial charge on any atom is 0.299 e. The topological polar surface area (TPSA) is 118 Å². The molecule has 7 nitrogen and oxygen atoms in total. The number of hydrogen-bond donors (Lipinski definition) is 2. The highest BCUT2D eigenvalue weighted by Gasteiger charge is 2.31. The molecule has 0 unspecified atom stereocenters. The number of benzene rings is 2. The molecule has 2 N–H and O–H groups in total. The van der Waals surface area contributed by atoms with Crippen LogP contribution in [0.5, 0.6) is 11.5 Å². The molecule has 0 saturated carbocycles. The normalized spacial score (nSPS) is 12.2. The zero-order valence-electron chi connectivity index (χ0n) is 11.6. The molecule has 25 heavy (non-hydrogen) atoms. The van der Waals surface area contributed by atoms with Crippen LogP contribution in [0.1, 0.15) is 0 Å². The van der Waals surface area contributed by atoms with E-state index in [1.54, 1.807) is 0 Å². The number of ether oxygens (including phenoxy) is 1. The Bertz CT molecular complexity index is 1070. The summed E-state index contributed by atoms with van der Waals surface area (Å²) in [6.07, 6.45) is 0. The van der Waals surface area contributed by atoms with Gasteiger partial charge in [0, 0.05) is 0 Å². The van der Waals surface area contributed by atoms with Crippen LogP contribution in [0.15, 0.2) is 34.1 Å². The van der Waals surface area contributed by atoms with Gasteiger partial charge in [-0.2, -0.15) is 16.8 Å². The molecule has 2 rings (SSSR count). The van der Waals surface area contributed by atoms with E-state index in [0.29, 0.717) is 0 Å². The average Bonchev–Trinajstić information content (AvgIpc) is 2.48. The smallest absolute Gasteiger partial charge is 0.299 e. The predicted octanol–water partition coefficient (Wildman–Crippen LogP) is 4.59. The molecule has 136 valence electrons. The van der Waals surface area contributed by atoms with Crippen molar-refractivity contribution in [3.05, 3.63) is 44.4 Å². The van der Waals surface area contributed by atoms with Gasteiger partial charge in [-0.05, 0) is 12.1 Å². The molecule has 0 bridgehead atoms. The summed E-state index contributed by atoms with van der Waals surface area (Å²) in [7, 11) is -9.71. The van der Waals surface area contributed by atoms with Gasteiger partial charge in [0.05, 0.1) is 15.1 Å². The Morgan fingerprint density at radius 2 is 1.28 bits per heavy atom. The van der Waals surface area contributed by atoms with Gasteiger partial charge in [0.25, 0.3) is 20.2 Å². The van der Waals surface area contributed by atoms with Crippen molar-refractivity contribution in [3.8, 4) is 11.5 Å². The van der Waals surface area contributed by atoms with Gasteiger partial charge < -0.3 is 4.74 Å². The van der Waals surface area contributed by atoms with Crippen molar-refractivity contribution in [2.24, 2.45) is 0 Å². The van der Waals surface area contributed by atoms with Gasteiger partial charge in [-0.25, -0.2) is 0 Å². The van der Waals surface area contributed by atoms with Gasteiger partial charge in [0.2, 0.25) is 0 Å². The van der Waals surface area contributed by atoms with Crippen molar-refractivity contribution >= 4 is 66.6 Å². The Hall–Kier alpha value is -0.780. The maximum atomic E-state index is 11.6. The van der Waals surface area contributed by atoms with Gasteiger partial charge in [0.15, 0.2) is 10.6 Å². The fourth-order valence-electron chi connectivity index (χ4n) is 1.77. The standard InChI is InChI=1S/C12H6Cl4O7S2/c13-7-8(14)10(16)12(25(20,21)22)11(9(7)15)23-5-3-1-2-4-6(5)24(17,18)19/h1-4H,(H,17,18,19)(H,20,21,22). The van der Waals surface area contributed by atoms with Gasteiger partial charge in [-0.15, -0.1) is 0 Å². The molecule has 0 aliphatic rings. The lowest BCUT2D eigenvalue weighted by molar-refractivity contribution is 0.434. The Balaban J connectivity index is 2.83. The molecule has 0 fully saturated rings. The van der Waals surface area contributed by atoms with Crippen molar-refractivity contribution in [1.29, 1.82) is 0 Å². The third kappa shape index (κ3) is 4.15. The molecule has 0 radical (unpaired) electrons. The van der Waals surface area contributed by atoms with Crippen LogP contribution in [0.4, 0.5) is 0 Å². The van der Waals surface area contributed by atoms with Gasteiger partial charge >= 0.3 is 0 Å². The Kier molecular flexibility index (Phi) is 5.82. The molecule has 0 saturated heterocycles. The molecule has 0 amide bonds. The summed E-state index contributed by atoms with van der Waals surface area (Å²) in [4.78, 5) is -1.70. The first kappa shape index (κ1) is 20.5. The molecule has 2 aromatic carbocycles. The molecule has 0 aliphatic heterocycles. The lowest BCUT2D eigenvalue weighted by atomic mass is 10.3. The fourth-order valence-corrected chi connectivity index (χ4v) is 4.37. The van der Waals surface area contributed by atoms with E-state index >= 15 is 0 Å². The zero-order chi connectivity index (χ0) is 19.2. The second-order valence-electron chi connectivity index (χ2n) is 4.41. The Labute approximate surface area is 162 Å². The number of rotatable bonds is 4. The summed E-state index contributed by atoms with van der Waals surface area (Å²) in [6.45, 7) is 0. The van der Waals surface area contributed by atoms with Crippen LogP contribution in [0.2, 0.25) is 20.1 Å². The van der Waals surface area contributed by atoms with Crippen molar-refractivity contribution in [3.63, 3.8) is 0 Å². The van der Waals surface area contributed by atoms with Crippen LogP contribution in [0, 0.1) is 0 Å². The SMILES string of the molecule is O=S(=O)(O)c1ccccc1Oc1c(Cl)c(Cl)c(Cl)c(Cl)c1S(=O)(=O)O. The Morgan fingerprint density at radius 1 is 0.760 bits per heavy atom. The summed E-state index contributed by atoms with van der Waals surface area (Å²) in [5.41, 5.74) is 0. The van der Waals surface area contributed by atoms with Crippen LogP contribution in [0.3, 0.4) is 0 Å². The van der Waals surface area contributed by atoms with Gasteiger partial charge in [0.1, 0.15) is 15.7 Å². The molecule has 13 heteroatoms. The zero-order valence-corrected chi connectivity index (χ0v) is 16.2. The summed E-state index contributed by atoms with van der Waals surface area (Å²) in [5.74, 6) is -1.26. The van der Waals surface area contributed by atoms with Crippen molar-refractivity contribution in [2.45, 2.75) is 9.79 Å². The lowest BCUT2D eigenvalue weighted by Crippen LogP contribution is -2.06. The fraction of sp³-hybridized carbons (Fsp3) is 0. The average molecular weight is 468 g/mol. The maximum absolute atomic E-state index is 11.6. The first-order chi connectivity index (χ1) is 11.4. The highest BCUT2D eigenvalue weighted by atomic mass is 35.5. The molecule has 2 aromatic rings. The van der Waals surface area contributed by atoms with Crippen LogP contribution in [-0.2, 0) is 20.2 Å². The molecular formula is C12H6Cl4O7S2. The van der Waals surface area contributed by atoms with E-state index in [2.05, 4.69) is 0 Å². The first-order valence-electron chi connectivity index (χ1n) is 5.93. The van der Waals surface area contributed by atoms with E-state index < -0.39 is 56.6 Å². The van der Waals surface area contributed by atoms with E-state index in [4.69, 9.17) is 51.1 Å². The van der Waals surface area contributed by atoms with Crippen molar-refractivity contribution in [2.75, 3.05) is 0 Å². The van der Waals surface area contributed by atoms with Gasteiger partial charge in [-0.1, -0.05) is 58.5 Å². The Morgan fingerprint density at radius 3 is 1.80 bits per heavy atom. The van der Waals surface area contributed by atoms with Crippen molar-refractivity contribution in [1.82, 2.24) is 0 Å². The minimum absolute atomic E-state index is 0.389. The lowest BCUT2D eigenvalue weighted by Gasteiger charge is -2.16. The van der Waals surface area contributed by atoms with Crippen LogP contribution >= 0.6 is 46.4 Å². The minimum atomic E-state index is -4.99. The molecule has 0 spiro atoms. The van der Waals surface area contributed by atoms with Crippen LogP contribution in [-0.4, -0.2) is 25.9 Å². The quantitative estimate of drug-likeness (QED) is 0.383. The van der Waals surface area contributed by atoms with Crippen LogP contribution < -0.4 is 4.74 Å². The number of halogens is 4. The molecular weight excluding hydrogens is 462 g/mol. The summed E-state index contributed by atoms with van der Waals surface area (Å²) in [5, 5.41) is -2.08. The van der Waals surface area contributed by atoms with E-state index in [1.165, 1.54) is 12.1 Å². The molecule has 0 aromatic heterocycles. The van der Waals surface area contributed by atoms with Gasteiger partial charge in [-0.3, -0.25) is 9.11 Å². The second-order valence-corrected chi connectivity index (χ2v) is 8.67. The monoisotopic (exact) mass is 466 g/mol. The molecule has 0 heterocycles. The predicted molar refractivity (Wildman–Crippen MR) is 92.6 cm³/mol. The molecule has 0 aliphatic carbocycles. The third-order valence-electron chi connectivity index (χ3n) is 2.78. The summed E-state index contributed by atoms with van der Waals surface area (Å²) in [6, 6.07) is 4.71. The highest BCUT2D eigenvalue weighted by molar-refractivity contribution is 7.86. The first-order valence-corrected chi connectivity index (χ1v) is 10.3. The van der Waals surface area contributed by atoms with Crippen molar-refractivity contribution < 1.29 is 30.7 Å². The van der Waals surface area contributed by atoms with Crippen LogP contribution in [0.25, 0.3) is 0 Å². The largest absolute Gasteiger partial charge is 0.453 e. The van der Waals surface area contributed by atoms with E-state index in [1.807, 2.05) is 0 Å². The second kappa shape index (κ2) is 7.09.